The highest BCUT2D eigenvalue weighted by Crippen LogP contribution is 2.27. The highest BCUT2D eigenvalue weighted by atomic mass is 127. The van der Waals surface area contributed by atoms with E-state index in [4.69, 9.17) is 14.5 Å². The second-order valence-electron chi connectivity index (χ2n) is 6.25. The average Bonchev–Trinajstić information content (AvgIpc) is 3.25. The van der Waals surface area contributed by atoms with Crippen LogP contribution in [-0.2, 0) is 13.1 Å². The van der Waals surface area contributed by atoms with Crippen LogP contribution in [0.1, 0.15) is 18.2 Å². The van der Waals surface area contributed by atoms with Crippen LogP contribution in [0.2, 0.25) is 0 Å². The van der Waals surface area contributed by atoms with Gasteiger partial charge in [-0.1, -0.05) is 36.4 Å². The third-order valence-corrected chi connectivity index (χ3v) is 5.16. The highest BCUT2D eigenvalue weighted by Gasteiger charge is 2.07. The standard InChI is InChI=1S/C22H26N4O2S.HI/c1-4-23-22(24-13-16-10-11-19(27-2)20(12-16)28-3)25-14-18-15-29-21(26-18)17-8-6-5-7-9-17;/h5-12,15H,4,13-14H2,1-3H3,(H2,23,24,25);1H. The Bertz CT molecular complexity index is 947. The Morgan fingerprint density at radius 1 is 1.03 bits per heavy atom. The lowest BCUT2D eigenvalue weighted by Crippen LogP contribution is -2.36. The first-order valence-corrected chi connectivity index (χ1v) is 10.3. The molecule has 0 radical (unpaired) electrons. The van der Waals surface area contributed by atoms with Gasteiger partial charge >= 0.3 is 0 Å². The Labute approximate surface area is 198 Å². The van der Waals surface area contributed by atoms with Crippen molar-refractivity contribution in [3.05, 3.63) is 65.2 Å². The first-order chi connectivity index (χ1) is 14.2. The molecule has 0 unspecified atom stereocenters. The average molecular weight is 538 g/mol. The molecule has 3 aromatic rings. The van der Waals surface area contributed by atoms with Gasteiger partial charge in [0.25, 0.3) is 0 Å². The van der Waals surface area contributed by atoms with Crippen LogP contribution in [0.4, 0.5) is 0 Å². The quantitative estimate of drug-likeness (QED) is 0.247. The molecule has 0 saturated heterocycles. The summed E-state index contributed by atoms with van der Waals surface area (Å²) in [7, 11) is 3.26. The maximum absolute atomic E-state index is 5.36. The van der Waals surface area contributed by atoms with Crippen LogP contribution in [0.15, 0.2) is 58.9 Å². The van der Waals surface area contributed by atoms with Crippen molar-refractivity contribution in [3.63, 3.8) is 0 Å². The lowest BCUT2D eigenvalue weighted by Gasteiger charge is -2.11. The minimum Gasteiger partial charge on any atom is -0.493 e. The topological polar surface area (TPSA) is 67.8 Å². The maximum atomic E-state index is 5.36. The smallest absolute Gasteiger partial charge is 0.191 e. The Morgan fingerprint density at radius 3 is 2.50 bits per heavy atom. The highest BCUT2D eigenvalue weighted by molar-refractivity contribution is 14.0. The van der Waals surface area contributed by atoms with Crippen LogP contribution in [0.5, 0.6) is 11.5 Å². The first kappa shape index (κ1) is 23.9. The number of halogens is 1. The molecule has 0 amide bonds. The van der Waals surface area contributed by atoms with Crippen molar-refractivity contribution < 1.29 is 9.47 Å². The summed E-state index contributed by atoms with van der Waals surface area (Å²) in [5.74, 6) is 2.16. The third kappa shape index (κ3) is 6.60. The number of thiazole rings is 1. The molecule has 3 rings (SSSR count). The number of nitrogens with zero attached hydrogens (tertiary/aromatic N) is 2. The zero-order valence-electron chi connectivity index (χ0n) is 17.3. The lowest BCUT2D eigenvalue weighted by atomic mass is 10.2. The normalized spacial score (nSPS) is 10.8. The van der Waals surface area contributed by atoms with Gasteiger partial charge in [-0.25, -0.2) is 9.98 Å². The lowest BCUT2D eigenvalue weighted by molar-refractivity contribution is 0.354. The first-order valence-electron chi connectivity index (χ1n) is 9.46. The molecule has 0 aliphatic rings. The number of ether oxygens (including phenoxy) is 2. The van der Waals surface area contributed by atoms with Crippen LogP contribution < -0.4 is 20.1 Å². The van der Waals surface area contributed by atoms with Gasteiger partial charge in [0.05, 0.1) is 33.0 Å². The van der Waals surface area contributed by atoms with E-state index in [9.17, 15) is 0 Å². The zero-order chi connectivity index (χ0) is 20.5. The molecule has 0 aliphatic carbocycles. The van der Waals surface area contributed by atoms with Gasteiger partial charge in [-0.15, -0.1) is 35.3 Å². The minimum atomic E-state index is 0. The van der Waals surface area contributed by atoms with Gasteiger partial charge in [0, 0.05) is 17.5 Å². The SMILES string of the molecule is CCNC(=NCc1ccc(OC)c(OC)c1)NCc1csc(-c2ccccc2)n1.I. The molecule has 0 atom stereocenters. The minimum absolute atomic E-state index is 0. The van der Waals surface area contributed by atoms with Crippen molar-refractivity contribution >= 4 is 41.3 Å². The molecule has 0 fully saturated rings. The maximum Gasteiger partial charge on any atom is 0.191 e. The second-order valence-corrected chi connectivity index (χ2v) is 7.11. The van der Waals surface area contributed by atoms with E-state index >= 15 is 0 Å². The van der Waals surface area contributed by atoms with E-state index in [-0.39, 0.29) is 24.0 Å². The largest absolute Gasteiger partial charge is 0.493 e. The predicted molar refractivity (Wildman–Crippen MR) is 134 cm³/mol. The number of hydrogen-bond donors (Lipinski definition) is 2. The van der Waals surface area contributed by atoms with Crippen LogP contribution in [0, 0.1) is 0 Å². The number of aliphatic imine (C=N–C) groups is 1. The fourth-order valence-electron chi connectivity index (χ4n) is 2.77. The van der Waals surface area contributed by atoms with E-state index in [2.05, 4.69) is 33.1 Å². The summed E-state index contributed by atoms with van der Waals surface area (Å²) in [6, 6.07) is 16.0. The zero-order valence-corrected chi connectivity index (χ0v) is 20.5. The second kappa shape index (κ2) is 12.4. The molecule has 30 heavy (non-hydrogen) atoms. The fourth-order valence-corrected chi connectivity index (χ4v) is 3.59. The van der Waals surface area contributed by atoms with Crippen LogP contribution >= 0.6 is 35.3 Å². The Kier molecular flexibility index (Phi) is 9.88. The summed E-state index contributed by atoms with van der Waals surface area (Å²) in [5.41, 5.74) is 3.17. The van der Waals surface area contributed by atoms with Gasteiger partial charge in [-0.05, 0) is 24.6 Å². The monoisotopic (exact) mass is 538 g/mol. The molecule has 2 aromatic carbocycles. The molecule has 6 nitrogen and oxygen atoms in total. The number of nitrogens with one attached hydrogen (secondary N) is 2. The van der Waals surface area contributed by atoms with Gasteiger partial charge in [0.2, 0.25) is 0 Å². The third-order valence-electron chi connectivity index (χ3n) is 4.22. The number of aromatic nitrogens is 1. The van der Waals surface area contributed by atoms with Gasteiger partial charge < -0.3 is 20.1 Å². The summed E-state index contributed by atoms with van der Waals surface area (Å²) in [5, 5.41) is 9.72. The summed E-state index contributed by atoms with van der Waals surface area (Å²) < 4.78 is 10.6. The van der Waals surface area contributed by atoms with Crippen LogP contribution in [0.25, 0.3) is 10.6 Å². The van der Waals surface area contributed by atoms with Gasteiger partial charge in [0.15, 0.2) is 17.5 Å². The van der Waals surface area contributed by atoms with E-state index in [1.807, 2.05) is 43.3 Å². The van der Waals surface area contributed by atoms with E-state index in [1.165, 1.54) is 0 Å². The molecule has 8 heteroatoms. The molecule has 1 heterocycles. The van der Waals surface area contributed by atoms with E-state index in [0.717, 1.165) is 34.3 Å². The summed E-state index contributed by atoms with van der Waals surface area (Å²) >= 11 is 1.65. The number of benzene rings is 2. The number of methoxy groups -OCH3 is 2. The van der Waals surface area contributed by atoms with Gasteiger partial charge in [0.1, 0.15) is 5.01 Å². The van der Waals surface area contributed by atoms with Crippen molar-refractivity contribution in [2.75, 3.05) is 20.8 Å². The molecule has 0 aliphatic heterocycles. The summed E-state index contributed by atoms with van der Waals surface area (Å²) in [4.78, 5) is 9.38. The molecule has 0 spiro atoms. The van der Waals surface area contributed by atoms with Crippen molar-refractivity contribution in [2.45, 2.75) is 20.0 Å². The molecule has 1 aromatic heterocycles. The van der Waals surface area contributed by atoms with Crippen molar-refractivity contribution in [1.82, 2.24) is 15.6 Å². The summed E-state index contributed by atoms with van der Waals surface area (Å²) in [6.07, 6.45) is 0. The van der Waals surface area contributed by atoms with E-state index < -0.39 is 0 Å². The van der Waals surface area contributed by atoms with Gasteiger partial charge in [-0.2, -0.15) is 0 Å². The number of guanidine groups is 1. The van der Waals surface area contributed by atoms with Crippen molar-refractivity contribution in [3.8, 4) is 22.1 Å². The van der Waals surface area contributed by atoms with Crippen molar-refractivity contribution in [2.24, 2.45) is 4.99 Å². The van der Waals surface area contributed by atoms with Crippen LogP contribution in [-0.4, -0.2) is 31.7 Å². The number of rotatable bonds is 8. The molecular weight excluding hydrogens is 511 g/mol. The Hall–Kier alpha value is -2.33. The molecule has 2 N–H and O–H groups in total. The van der Waals surface area contributed by atoms with Gasteiger partial charge in [-0.3, -0.25) is 0 Å². The number of hydrogen-bond acceptors (Lipinski definition) is 5. The molecule has 0 bridgehead atoms. The fraction of sp³-hybridized carbons (Fsp3) is 0.273. The predicted octanol–water partition coefficient (Wildman–Crippen LogP) is 4.70. The Balaban J connectivity index is 0.00000320. The summed E-state index contributed by atoms with van der Waals surface area (Å²) in [6.45, 7) is 3.97. The van der Waals surface area contributed by atoms with E-state index in [0.29, 0.717) is 24.6 Å². The van der Waals surface area contributed by atoms with Crippen molar-refractivity contribution in [1.29, 1.82) is 0 Å². The van der Waals surface area contributed by atoms with E-state index in [1.54, 1.807) is 25.6 Å². The molecule has 160 valence electrons. The molecule has 0 saturated carbocycles. The molecular formula is C22H27IN4O2S. The van der Waals surface area contributed by atoms with Crippen LogP contribution in [0.3, 0.4) is 0 Å². The Morgan fingerprint density at radius 2 is 1.80 bits per heavy atom.